The summed E-state index contributed by atoms with van der Waals surface area (Å²) < 4.78 is 6.97. The number of morpholine rings is 1. The number of benzene rings is 2. The topological polar surface area (TPSA) is 111 Å². The van der Waals surface area contributed by atoms with Crippen LogP contribution in [0.1, 0.15) is 33.3 Å². The molecule has 0 unspecified atom stereocenters. The molecule has 4 heterocycles. The maximum atomic E-state index is 13.2. The highest BCUT2D eigenvalue weighted by molar-refractivity contribution is 6.26. The normalized spacial score (nSPS) is 16.4. The van der Waals surface area contributed by atoms with Crippen molar-refractivity contribution in [3.63, 3.8) is 0 Å². The van der Waals surface area contributed by atoms with Crippen molar-refractivity contribution in [2.45, 2.75) is 6.92 Å². The van der Waals surface area contributed by atoms with Gasteiger partial charge in [-0.15, -0.1) is 0 Å². The molecule has 0 aliphatic carbocycles. The maximum Gasteiger partial charge on any atom is 0.254 e. The summed E-state index contributed by atoms with van der Waals surface area (Å²) in [7, 11) is 1.77. The number of fused-ring (bicyclic) bond motifs is 2. The molecule has 2 aliphatic heterocycles. The molecule has 0 radical (unpaired) electrons. The Morgan fingerprint density at radius 3 is 2.55 bits per heavy atom. The number of aromatic nitrogens is 4. The van der Waals surface area contributed by atoms with Crippen LogP contribution in [0.3, 0.4) is 0 Å². The number of para-hydroxylation sites is 1. The Kier molecular flexibility index (Phi) is 5.80. The van der Waals surface area contributed by atoms with Gasteiger partial charge < -0.3 is 9.64 Å². The monoisotopic (exact) mass is 508 g/mol. The summed E-state index contributed by atoms with van der Waals surface area (Å²) in [5.74, 6) is -0.136. The summed E-state index contributed by atoms with van der Waals surface area (Å²) in [5, 5.41) is 5.18. The molecular weight excluding hydrogens is 484 g/mol. The van der Waals surface area contributed by atoms with E-state index < -0.39 is 0 Å². The lowest BCUT2D eigenvalue weighted by molar-refractivity contribution is -0.116. The summed E-state index contributed by atoms with van der Waals surface area (Å²) in [6, 6.07) is 14.1. The lowest BCUT2D eigenvalue weighted by Crippen LogP contribution is -2.40. The minimum absolute atomic E-state index is 0.0762. The van der Waals surface area contributed by atoms with Crippen molar-refractivity contribution >= 4 is 40.3 Å². The van der Waals surface area contributed by atoms with Crippen LogP contribution in [-0.2, 0) is 16.6 Å². The quantitative estimate of drug-likeness (QED) is 0.391. The second kappa shape index (κ2) is 9.31. The Hall–Kier alpha value is -4.70. The molecule has 2 aromatic heterocycles. The zero-order valence-corrected chi connectivity index (χ0v) is 20.9. The van der Waals surface area contributed by atoms with Crippen LogP contribution < -0.4 is 4.90 Å². The van der Waals surface area contributed by atoms with E-state index >= 15 is 0 Å². The van der Waals surface area contributed by atoms with Gasteiger partial charge in [-0.2, -0.15) is 5.10 Å². The van der Waals surface area contributed by atoms with Gasteiger partial charge in [0.15, 0.2) is 5.82 Å². The van der Waals surface area contributed by atoms with Gasteiger partial charge in [-0.25, -0.2) is 9.97 Å². The number of nitrogens with zero attached hydrogens (tertiary/aromatic N) is 6. The first-order chi connectivity index (χ1) is 18.4. The van der Waals surface area contributed by atoms with E-state index in [-0.39, 0.29) is 23.3 Å². The van der Waals surface area contributed by atoms with Crippen molar-refractivity contribution in [2.75, 3.05) is 31.2 Å². The first kappa shape index (κ1) is 23.7. The summed E-state index contributed by atoms with van der Waals surface area (Å²) >= 11 is 0. The molecule has 0 atom stereocenters. The number of Topliss-reactive ketones (excluding diaryl/α,β-unsaturated/α-hetero) is 1. The highest BCUT2D eigenvalue weighted by atomic mass is 16.5. The summed E-state index contributed by atoms with van der Waals surface area (Å²) in [5.41, 5.74) is 3.52. The van der Waals surface area contributed by atoms with Gasteiger partial charge >= 0.3 is 0 Å². The van der Waals surface area contributed by atoms with Crippen molar-refractivity contribution in [2.24, 2.45) is 7.05 Å². The van der Waals surface area contributed by atoms with E-state index in [1.165, 1.54) is 11.8 Å². The zero-order chi connectivity index (χ0) is 26.4. The number of ketones is 1. The first-order valence-electron chi connectivity index (χ1n) is 12.2. The Bertz CT molecular complexity index is 1650. The Morgan fingerprint density at radius 2 is 1.82 bits per heavy atom. The predicted molar refractivity (Wildman–Crippen MR) is 140 cm³/mol. The molecule has 1 saturated heterocycles. The van der Waals surface area contributed by atoms with Crippen molar-refractivity contribution in [1.29, 1.82) is 0 Å². The molecule has 190 valence electrons. The van der Waals surface area contributed by atoms with Crippen LogP contribution in [-0.4, -0.2) is 68.5 Å². The lowest BCUT2D eigenvalue weighted by Gasteiger charge is -2.27. The van der Waals surface area contributed by atoms with E-state index in [1.54, 1.807) is 77.6 Å². The standard InChI is InChI=1S/C28H24N6O4/c1-17(35)34-24-6-4-3-5-20(24)26(36)25(34)15-19-14-22(27-29-16-32(2)31-27)21-13-18(7-8-23(21)30-19)28(37)33-9-11-38-12-10-33/h3-8,13-16H,9-12H2,1-2H3/b25-15-. The predicted octanol–water partition coefficient (Wildman–Crippen LogP) is 3.09. The number of allylic oxidation sites excluding steroid dienone is 1. The zero-order valence-electron chi connectivity index (χ0n) is 20.9. The van der Waals surface area contributed by atoms with Gasteiger partial charge in [0.25, 0.3) is 5.91 Å². The first-order valence-corrected chi connectivity index (χ1v) is 12.2. The molecule has 0 saturated carbocycles. The van der Waals surface area contributed by atoms with Gasteiger partial charge in [-0.3, -0.25) is 24.0 Å². The molecule has 0 spiro atoms. The third kappa shape index (κ3) is 4.04. The average Bonchev–Trinajstić information content (AvgIpc) is 3.49. The third-order valence-corrected chi connectivity index (χ3v) is 6.68. The largest absolute Gasteiger partial charge is 0.378 e. The number of ether oxygens (including phenoxy) is 1. The molecule has 0 bridgehead atoms. The van der Waals surface area contributed by atoms with Gasteiger partial charge in [-0.05, 0) is 42.5 Å². The van der Waals surface area contributed by atoms with Crippen molar-refractivity contribution in [3.05, 3.63) is 77.4 Å². The number of hydrogen-bond acceptors (Lipinski definition) is 7. The minimum Gasteiger partial charge on any atom is -0.378 e. The second-order valence-electron chi connectivity index (χ2n) is 9.20. The van der Waals surface area contributed by atoms with E-state index in [2.05, 4.69) is 10.1 Å². The number of carbonyl (C=O) groups is 3. The number of aryl methyl sites for hydroxylation is 1. The van der Waals surface area contributed by atoms with Crippen LogP contribution in [0.25, 0.3) is 28.4 Å². The number of hydrogen-bond donors (Lipinski definition) is 0. The summed E-state index contributed by atoms with van der Waals surface area (Å²) in [6.45, 7) is 3.54. The van der Waals surface area contributed by atoms with E-state index in [0.29, 0.717) is 71.1 Å². The third-order valence-electron chi connectivity index (χ3n) is 6.68. The summed E-state index contributed by atoms with van der Waals surface area (Å²) in [4.78, 5) is 51.3. The van der Waals surface area contributed by atoms with E-state index in [9.17, 15) is 14.4 Å². The molecule has 2 aromatic carbocycles. The van der Waals surface area contributed by atoms with Crippen molar-refractivity contribution in [1.82, 2.24) is 24.6 Å². The smallest absolute Gasteiger partial charge is 0.254 e. The van der Waals surface area contributed by atoms with Crippen molar-refractivity contribution in [3.8, 4) is 11.4 Å². The number of carbonyl (C=O) groups excluding carboxylic acids is 3. The van der Waals surface area contributed by atoms with Gasteiger partial charge in [-0.1, -0.05) is 12.1 Å². The SMILES string of the molecule is CC(=O)N1/C(=C\c2cc(-c3ncn(C)n3)c3cc(C(=O)N4CCOCC4)ccc3n2)C(=O)c2ccccc21. The number of rotatable bonds is 3. The van der Waals surface area contributed by atoms with Crippen LogP contribution in [0.15, 0.2) is 60.6 Å². The number of amides is 2. The molecule has 10 nitrogen and oxygen atoms in total. The Morgan fingerprint density at radius 1 is 1.03 bits per heavy atom. The van der Waals surface area contributed by atoms with Gasteiger partial charge in [0.1, 0.15) is 6.33 Å². The van der Waals surface area contributed by atoms with Crippen LogP contribution in [0.4, 0.5) is 5.69 Å². The molecule has 6 rings (SSSR count). The van der Waals surface area contributed by atoms with E-state index in [4.69, 9.17) is 9.72 Å². The fraction of sp³-hybridized carbons (Fsp3) is 0.214. The van der Waals surface area contributed by atoms with Gasteiger partial charge in [0.2, 0.25) is 11.7 Å². The Balaban J connectivity index is 1.49. The molecule has 10 heteroatoms. The number of pyridine rings is 1. The van der Waals surface area contributed by atoms with Crippen LogP contribution in [0.5, 0.6) is 0 Å². The second-order valence-corrected chi connectivity index (χ2v) is 9.20. The highest BCUT2D eigenvalue weighted by Crippen LogP contribution is 2.36. The summed E-state index contributed by atoms with van der Waals surface area (Å²) in [6.07, 6.45) is 3.21. The fourth-order valence-electron chi connectivity index (χ4n) is 4.89. The molecule has 0 N–H and O–H groups in total. The molecular formula is C28H24N6O4. The Labute approximate surface area is 218 Å². The van der Waals surface area contributed by atoms with Gasteiger partial charge in [0.05, 0.1) is 35.8 Å². The maximum absolute atomic E-state index is 13.2. The van der Waals surface area contributed by atoms with Crippen LogP contribution in [0.2, 0.25) is 0 Å². The molecule has 2 amide bonds. The van der Waals surface area contributed by atoms with Crippen molar-refractivity contribution < 1.29 is 19.1 Å². The number of anilines is 1. The molecule has 4 aromatic rings. The van der Waals surface area contributed by atoms with E-state index in [0.717, 1.165) is 0 Å². The van der Waals surface area contributed by atoms with Gasteiger partial charge in [0, 0.05) is 49.1 Å². The van der Waals surface area contributed by atoms with Crippen LogP contribution in [0, 0.1) is 0 Å². The molecule has 38 heavy (non-hydrogen) atoms. The van der Waals surface area contributed by atoms with Crippen LogP contribution >= 0.6 is 0 Å². The minimum atomic E-state index is -0.270. The van der Waals surface area contributed by atoms with E-state index in [1.807, 2.05) is 0 Å². The molecule has 1 fully saturated rings. The highest BCUT2D eigenvalue weighted by Gasteiger charge is 2.34. The average molecular weight is 509 g/mol. The molecule has 2 aliphatic rings. The fourth-order valence-corrected chi connectivity index (χ4v) is 4.89. The lowest BCUT2D eigenvalue weighted by atomic mass is 10.0.